The second-order valence-electron chi connectivity index (χ2n) is 0.513. The third-order valence-corrected chi connectivity index (χ3v) is 0. The zero-order valence-corrected chi connectivity index (χ0v) is 5.33. The average molecular weight is 196 g/mol. The van der Waals surface area contributed by atoms with Crippen molar-refractivity contribution in [1.82, 2.24) is 0 Å². The molecule has 0 unspecified atom stereocenters. The van der Waals surface area contributed by atoms with Crippen LogP contribution >= 0.6 is 7.82 Å². The van der Waals surface area contributed by atoms with Crippen LogP contribution in [-0.4, -0.2) is 14.7 Å². The van der Waals surface area contributed by atoms with Gasteiger partial charge in [-0.05, 0) is 0 Å². The summed E-state index contributed by atoms with van der Waals surface area (Å²) >= 11 is 0. The molecule has 0 heterocycles. The third-order valence-electron chi connectivity index (χ3n) is 0. The van der Waals surface area contributed by atoms with Crippen molar-refractivity contribution in [3.63, 3.8) is 0 Å². The molecule has 39 valence electrons. The Morgan fingerprint density at radius 1 is 1.17 bits per heavy atom. The molecule has 0 amide bonds. The molecular formula is H3O4PTc. The quantitative estimate of drug-likeness (QED) is 0.437. The first-order valence-electron chi connectivity index (χ1n) is 0.783. The maximum Gasteiger partial charge on any atom is 0.466 e. The van der Waals surface area contributed by atoms with Crippen molar-refractivity contribution in [1.29, 1.82) is 0 Å². The van der Waals surface area contributed by atoms with E-state index in [1.807, 2.05) is 0 Å². The smallest absolute Gasteiger partial charge is 0.303 e. The fourth-order valence-electron chi connectivity index (χ4n) is 0. The molecule has 0 bridgehead atoms. The van der Waals surface area contributed by atoms with Crippen molar-refractivity contribution in [3.8, 4) is 0 Å². The topological polar surface area (TPSA) is 77.8 Å². The van der Waals surface area contributed by atoms with E-state index >= 15 is 0 Å². The van der Waals surface area contributed by atoms with Crippen LogP contribution in [0.1, 0.15) is 0 Å². The van der Waals surface area contributed by atoms with E-state index in [0.717, 1.165) is 0 Å². The molecule has 6 heteroatoms. The average Bonchev–Trinajstić information content (AvgIpc) is 0.722. The molecule has 0 aliphatic rings. The molecule has 0 rings (SSSR count). The minimum absolute atomic E-state index is 0. The molecule has 0 saturated carbocycles. The molecular weight excluding hydrogens is 193 g/mol. The number of hydrogen-bond acceptors (Lipinski definition) is 1. The summed E-state index contributed by atoms with van der Waals surface area (Å²) in [5.74, 6) is 0. The number of phosphoric acid groups is 1. The van der Waals surface area contributed by atoms with Crippen LogP contribution in [0.15, 0.2) is 0 Å². The van der Waals surface area contributed by atoms with Gasteiger partial charge in [-0.2, -0.15) is 0 Å². The maximum atomic E-state index is 8.88. The standard InChI is InChI=1S/H3O4P.Tc/c1-5(2,3)4;/h(H3,1,2,3,4);. The Labute approximate surface area is 47.8 Å². The van der Waals surface area contributed by atoms with Crippen LogP contribution in [-0.2, 0) is 24.7 Å². The molecule has 0 aliphatic carbocycles. The monoisotopic (exact) mass is 195 g/mol. The Morgan fingerprint density at radius 2 is 1.17 bits per heavy atom. The second-order valence-corrected chi connectivity index (χ2v) is 1.54. The van der Waals surface area contributed by atoms with Gasteiger partial charge in [0.05, 0.1) is 0 Å². The normalized spacial score (nSPS) is 9.83. The summed E-state index contributed by atoms with van der Waals surface area (Å²) in [5.41, 5.74) is 0. The maximum absolute atomic E-state index is 8.88. The van der Waals surface area contributed by atoms with Gasteiger partial charge < -0.3 is 14.7 Å². The van der Waals surface area contributed by atoms with Crippen molar-refractivity contribution in [2.45, 2.75) is 0 Å². The van der Waals surface area contributed by atoms with Gasteiger partial charge in [0.15, 0.2) is 0 Å². The van der Waals surface area contributed by atoms with E-state index in [1.165, 1.54) is 0 Å². The van der Waals surface area contributed by atoms with Gasteiger partial charge in [0.2, 0.25) is 0 Å². The van der Waals surface area contributed by atoms with Crippen LogP contribution < -0.4 is 0 Å². The number of hydrogen-bond donors (Lipinski definition) is 3. The Bertz CT molecular complexity index is 53.7. The molecule has 0 aromatic rings. The van der Waals surface area contributed by atoms with E-state index in [1.54, 1.807) is 0 Å². The van der Waals surface area contributed by atoms with Crippen molar-refractivity contribution < 1.29 is 39.4 Å². The van der Waals surface area contributed by atoms with Crippen molar-refractivity contribution in [2.75, 3.05) is 0 Å². The third kappa shape index (κ3) is 117. The van der Waals surface area contributed by atoms with Gasteiger partial charge in [-0.1, -0.05) is 0 Å². The van der Waals surface area contributed by atoms with Gasteiger partial charge in [0, 0.05) is 20.1 Å². The molecule has 0 aliphatic heterocycles. The van der Waals surface area contributed by atoms with Crippen LogP contribution in [0.2, 0.25) is 0 Å². The molecule has 1 radical (unpaired) electrons. The van der Waals surface area contributed by atoms with Crippen LogP contribution in [0, 0.1) is 0 Å². The minimum Gasteiger partial charge on any atom is -0.303 e. The molecule has 3 N–H and O–H groups in total. The first-order chi connectivity index (χ1) is 2.00. The fourth-order valence-corrected chi connectivity index (χ4v) is 0. The van der Waals surface area contributed by atoms with E-state index in [0.29, 0.717) is 0 Å². The first kappa shape index (κ1) is 9.90. The van der Waals surface area contributed by atoms with Crippen molar-refractivity contribution in [2.24, 2.45) is 0 Å². The van der Waals surface area contributed by atoms with E-state index in [4.69, 9.17) is 19.2 Å². The minimum atomic E-state index is -4.64. The second kappa shape index (κ2) is 2.86. The molecule has 0 atom stereocenters. The SMILES string of the molecule is O=P(O)(O)O.[Tc]. The van der Waals surface area contributed by atoms with Gasteiger partial charge in [-0.15, -0.1) is 0 Å². The summed E-state index contributed by atoms with van der Waals surface area (Å²) in [7, 11) is -4.64. The molecule has 0 spiro atoms. The fraction of sp³-hybridized carbons (Fsp3) is 0. The first-order valence-corrected chi connectivity index (χ1v) is 2.35. The summed E-state index contributed by atoms with van der Waals surface area (Å²) in [4.78, 5) is 21.6. The van der Waals surface area contributed by atoms with Crippen LogP contribution in [0.5, 0.6) is 0 Å². The Hall–Kier alpha value is 0.759. The van der Waals surface area contributed by atoms with E-state index < -0.39 is 7.82 Å². The predicted octanol–water partition coefficient (Wildman–Crippen LogP) is -0.931. The molecule has 0 aromatic heterocycles. The van der Waals surface area contributed by atoms with Crippen LogP contribution in [0.4, 0.5) is 0 Å². The van der Waals surface area contributed by atoms with E-state index in [9.17, 15) is 0 Å². The Kier molecular flexibility index (Phi) is 4.71. The zero-order valence-electron chi connectivity index (χ0n) is 2.58. The molecule has 4 nitrogen and oxygen atoms in total. The Morgan fingerprint density at radius 3 is 1.17 bits per heavy atom. The van der Waals surface area contributed by atoms with Gasteiger partial charge in [-0.25, -0.2) is 4.57 Å². The molecule has 0 aromatic carbocycles. The van der Waals surface area contributed by atoms with Gasteiger partial charge in [-0.3, -0.25) is 0 Å². The van der Waals surface area contributed by atoms with E-state index in [-0.39, 0.29) is 20.1 Å². The molecule has 0 fully saturated rings. The summed E-state index contributed by atoms with van der Waals surface area (Å²) < 4.78 is 8.88. The predicted molar refractivity (Wildman–Crippen MR) is 14.3 cm³/mol. The summed E-state index contributed by atoms with van der Waals surface area (Å²) in [5, 5.41) is 0. The van der Waals surface area contributed by atoms with Crippen LogP contribution in [0.3, 0.4) is 0 Å². The zero-order chi connectivity index (χ0) is 4.50. The summed E-state index contributed by atoms with van der Waals surface area (Å²) in [6.45, 7) is 0. The van der Waals surface area contributed by atoms with E-state index in [2.05, 4.69) is 0 Å². The van der Waals surface area contributed by atoms with Gasteiger partial charge in [0.25, 0.3) is 0 Å². The van der Waals surface area contributed by atoms with Gasteiger partial charge >= 0.3 is 7.82 Å². The summed E-state index contributed by atoms with van der Waals surface area (Å²) in [6, 6.07) is 0. The summed E-state index contributed by atoms with van der Waals surface area (Å²) in [6.07, 6.45) is 0. The largest absolute Gasteiger partial charge is 0.466 e. The van der Waals surface area contributed by atoms with Crippen molar-refractivity contribution >= 4 is 7.82 Å². The Balaban J connectivity index is 0. The van der Waals surface area contributed by atoms with Crippen LogP contribution in [0.25, 0.3) is 0 Å². The number of rotatable bonds is 0. The molecule has 0 saturated heterocycles. The van der Waals surface area contributed by atoms with Gasteiger partial charge in [0.1, 0.15) is 0 Å². The molecule has 6 heavy (non-hydrogen) atoms. The van der Waals surface area contributed by atoms with Crippen molar-refractivity contribution in [3.05, 3.63) is 0 Å².